The zero-order valence-corrected chi connectivity index (χ0v) is 17.8. The van der Waals surface area contributed by atoms with Crippen LogP contribution in [0.15, 0.2) is 47.4 Å². The van der Waals surface area contributed by atoms with E-state index in [4.69, 9.17) is 0 Å². The van der Waals surface area contributed by atoms with Crippen LogP contribution >= 0.6 is 0 Å². The summed E-state index contributed by atoms with van der Waals surface area (Å²) in [6, 6.07) is 11.1. The van der Waals surface area contributed by atoms with Crippen LogP contribution in [-0.2, 0) is 14.8 Å². The molecule has 0 aromatic heterocycles. The predicted molar refractivity (Wildman–Crippen MR) is 110 cm³/mol. The standard InChI is InChI=1S/C22H27FN2O3S/c1-15-6-7-16(2)21(13-15)29(27,28)25-12-4-5-19(14-25)22(26)24-17(3)18-8-10-20(23)11-9-18/h6-11,13,17,19H,4-5,12,14H2,1-3H3,(H,24,26)/t17-,19+/m1/s1. The molecule has 3 rings (SSSR count). The molecular weight excluding hydrogens is 391 g/mol. The van der Waals surface area contributed by atoms with Gasteiger partial charge in [-0.25, -0.2) is 12.8 Å². The van der Waals surface area contributed by atoms with Gasteiger partial charge in [0.1, 0.15) is 5.82 Å². The minimum absolute atomic E-state index is 0.164. The molecule has 1 heterocycles. The van der Waals surface area contributed by atoms with Crippen LogP contribution in [0.2, 0.25) is 0 Å². The number of nitrogens with one attached hydrogen (secondary N) is 1. The van der Waals surface area contributed by atoms with Crippen LogP contribution in [0.1, 0.15) is 42.5 Å². The van der Waals surface area contributed by atoms with E-state index in [0.717, 1.165) is 11.1 Å². The first-order valence-electron chi connectivity index (χ1n) is 9.81. The van der Waals surface area contributed by atoms with E-state index in [-0.39, 0.29) is 24.3 Å². The Kier molecular flexibility index (Phi) is 6.39. The highest BCUT2D eigenvalue weighted by Gasteiger charge is 2.34. The average molecular weight is 419 g/mol. The highest BCUT2D eigenvalue weighted by Crippen LogP contribution is 2.27. The lowest BCUT2D eigenvalue weighted by atomic mass is 9.98. The van der Waals surface area contributed by atoms with Crippen LogP contribution in [0.25, 0.3) is 0 Å². The van der Waals surface area contributed by atoms with Gasteiger partial charge in [-0.05, 0) is 68.5 Å². The zero-order chi connectivity index (χ0) is 21.2. The van der Waals surface area contributed by atoms with Crippen LogP contribution in [0, 0.1) is 25.6 Å². The van der Waals surface area contributed by atoms with Crippen molar-refractivity contribution < 1.29 is 17.6 Å². The molecule has 0 radical (unpaired) electrons. The molecule has 1 aliphatic rings. The Bertz CT molecular complexity index is 990. The molecule has 0 saturated carbocycles. The van der Waals surface area contributed by atoms with Crippen molar-refractivity contribution in [2.45, 2.75) is 44.6 Å². The summed E-state index contributed by atoms with van der Waals surface area (Å²) in [6.07, 6.45) is 1.27. The molecule has 0 bridgehead atoms. The van der Waals surface area contributed by atoms with Gasteiger partial charge in [0.15, 0.2) is 0 Å². The molecule has 0 spiro atoms. The van der Waals surface area contributed by atoms with Crippen molar-refractivity contribution in [1.82, 2.24) is 9.62 Å². The third-order valence-corrected chi connectivity index (χ3v) is 7.45. The number of carbonyl (C=O) groups is 1. The van der Waals surface area contributed by atoms with Gasteiger partial charge in [-0.3, -0.25) is 4.79 Å². The van der Waals surface area contributed by atoms with Crippen LogP contribution in [0.3, 0.4) is 0 Å². The van der Waals surface area contributed by atoms with Crippen LogP contribution in [-0.4, -0.2) is 31.7 Å². The molecule has 0 unspecified atom stereocenters. The fourth-order valence-electron chi connectivity index (χ4n) is 3.67. The summed E-state index contributed by atoms with van der Waals surface area (Å²) in [6.45, 7) is 6.05. The van der Waals surface area contributed by atoms with E-state index in [2.05, 4.69) is 5.32 Å². The van der Waals surface area contributed by atoms with Crippen molar-refractivity contribution >= 4 is 15.9 Å². The van der Waals surface area contributed by atoms with Crippen LogP contribution < -0.4 is 5.32 Å². The lowest BCUT2D eigenvalue weighted by Gasteiger charge is -2.32. The van der Waals surface area contributed by atoms with Crippen molar-refractivity contribution in [3.63, 3.8) is 0 Å². The molecule has 2 atom stereocenters. The number of hydrogen-bond acceptors (Lipinski definition) is 3. The molecule has 1 aliphatic heterocycles. The Hall–Kier alpha value is -2.25. The number of piperidine rings is 1. The SMILES string of the molecule is Cc1ccc(C)c(S(=O)(=O)N2CCC[C@H](C(=O)N[C@H](C)c3ccc(F)cc3)C2)c1. The Morgan fingerprint density at radius 1 is 1.17 bits per heavy atom. The minimum Gasteiger partial charge on any atom is -0.349 e. The van der Waals surface area contributed by atoms with E-state index >= 15 is 0 Å². The highest BCUT2D eigenvalue weighted by molar-refractivity contribution is 7.89. The molecule has 1 N–H and O–H groups in total. The monoisotopic (exact) mass is 418 g/mol. The maximum Gasteiger partial charge on any atom is 0.243 e. The van der Waals surface area contributed by atoms with Gasteiger partial charge < -0.3 is 5.32 Å². The Balaban J connectivity index is 1.72. The highest BCUT2D eigenvalue weighted by atomic mass is 32.2. The number of carbonyl (C=O) groups excluding carboxylic acids is 1. The van der Waals surface area contributed by atoms with Crippen molar-refractivity contribution in [1.29, 1.82) is 0 Å². The number of amides is 1. The summed E-state index contributed by atoms with van der Waals surface area (Å²) in [5, 5.41) is 2.93. The Morgan fingerprint density at radius 3 is 2.55 bits per heavy atom. The summed E-state index contributed by atoms with van der Waals surface area (Å²) in [4.78, 5) is 13.1. The lowest BCUT2D eigenvalue weighted by Crippen LogP contribution is -2.45. The van der Waals surface area contributed by atoms with Gasteiger partial charge in [0, 0.05) is 13.1 Å². The van der Waals surface area contributed by atoms with Crippen molar-refractivity contribution in [3.05, 3.63) is 65.0 Å². The van der Waals surface area contributed by atoms with E-state index < -0.39 is 15.9 Å². The van der Waals surface area contributed by atoms with Gasteiger partial charge in [-0.2, -0.15) is 4.31 Å². The second kappa shape index (κ2) is 8.63. The van der Waals surface area contributed by atoms with Crippen LogP contribution in [0.4, 0.5) is 4.39 Å². The van der Waals surface area contributed by atoms with E-state index in [1.54, 1.807) is 31.2 Å². The third-order valence-electron chi connectivity index (χ3n) is 5.45. The number of nitrogens with zero attached hydrogens (tertiary/aromatic N) is 1. The summed E-state index contributed by atoms with van der Waals surface area (Å²) in [5.74, 6) is -0.916. The Morgan fingerprint density at radius 2 is 1.86 bits per heavy atom. The second-order valence-electron chi connectivity index (χ2n) is 7.75. The van der Waals surface area contributed by atoms with Gasteiger partial charge in [0.25, 0.3) is 0 Å². The topological polar surface area (TPSA) is 66.5 Å². The first-order chi connectivity index (χ1) is 13.7. The summed E-state index contributed by atoms with van der Waals surface area (Å²) >= 11 is 0. The molecule has 5 nitrogen and oxygen atoms in total. The third kappa shape index (κ3) is 4.85. The first kappa shape index (κ1) is 21.5. The largest absolute Gasteiger partial charge is 0.349 e. The first-order valence-corrected chi connectivity index (χ1v) is 11.3. The summed E-state index contributed by atoms with van der Waals surface area (Å²) in [5.41, 5.74) is 2.39. The van der Waals surface area contributed by atoms with Crippen molar-refractivity contribution in [3.8, 4) is 0 Å². The van der Waals surface area contributed by atoms with Gasteiger partial charge in [0.2, 0.25) is 15.9 Å². The average Bonchev–Trinajstić information content (AvgIpc) is 2.70. The number of halogens is 1. The normalized spacial score (nSPS) is 19.0. The molecule has 2 aromatic carbocycles. The maximum atomic E-state index is 13.2. The molecule has 1 saturated heterocycles. The minimum atomic E-state index is -3.66. The molecule has 156 valence electrons. The number of sulfonamides is 1. The molecule has 1 fully saturated rings. The predicted octanol–water partition coefficient (Wildman–Crippen LogP) is 3.72. The Labute approximate surface area is 172 Å². The summed E-state index contributed by atoms with van der Waals surface area (Å²) < 4.78 is 40.8. The van der Waals surface area contributed by atoms with E-state index in [0.29, 0.717) is 29.8 Å². The fraction of sp³-hybridized carbons (Fsp3) is 0.409. The van der Waals surface area contributed by atoms with E-state index in [1.165, 1.54) is 16.4 Å². The molecular formula is C22H27FN2O3S. The second-order valence-corrected chi connectivity index (χ2v) is 9.66. The molecule has 7 heteroatoms. The van der Waals surface area contributed by atoms with E-state index in [9.17, 15) is 17.6 Å². The quantitative estimate of drug-likeness (QED) is 0.805. The van der Waals surface area contributed by atoms with Gasteiger partial charge >= 0.3 is 0 Å². The zero-order valence-electron chi connectivity index (χ0n) is 17.0. The van der Waals surface area contributed by atoms with Crippen molar-refractivity contribution in [2.24, 2.45) is 5.92 Å². The number of benzene rings is 2. The molecule has 2 aromatic rings. The number of hydrogen-bond donors (Lipinski definition) is 1. The molecule has 29 heavy (non-hydrogen) atoms. The summed E-state index contributed by atoms with van der Waals surface area (Å²) in [7, 11) is -3.66. The maximum absolute atomic E-state index is 13.2. The van der Waals surface area contributed by atoms with Gasteiger partial charge in [-0.1, -0.05) is 24.3 Å². The number of rotatable bonds is 5. The fourth-order valence-corrected chi connectivity index (χ4v) is 5.50. The molecule has 0 aliphatic carbocycles. The van der Waals surface area contributed by atoms with Gasteiger partial charge in [0.05, 0.1) is 16.9 Å². The molecule has 1 amide bonds. The lowest BCUT2D eigenvalue weighted by molar-refractivity contribution is -0.126. The van der Waals surface area contributed by atoms with Crippen molar-refractivity contribution in [2.75, 3.05) is 13.1 Å². The van der Waals surface area contributed by atoms with Gasteiger partial charge in [-0.15, -0.1) is 0 Å². The van der Waals surface area contributed by atoms with E-state index in [1.807, 2.05) is 19.9 Å². The smallest absolute Gasteiger partial charge is 0.243 e. The number of aryl methyl sites for hydroxylation is 2. The van der Waals surface area contributed by atoms with Crippen LogP contribution in [0.5, 0.6) is 0 Å².